The van der Waals surface area contributed by atoms with Crippen molar-refractivity contribution >= 4 is 35.1 Å². The Labute approximate surface area is 217 Å². The van der Waals surface area contributed by atoms with Crippen molar-refractivity contribution in [2.24, 2.45) is 17.8 Å². The number of fused-ring (bicyclic) bond motifs is 1. The SMILES string of the molecule is CCc1cccc(CC)c1N1C[C@H](C(=O)Oc2cccc(N3C(=O)[C@@H]4CC=C(C)C[C@H]4C3=O)c2)CC1=O. The number of rotatable bonds is 6. The Morgan fingerprint density at radius 3 is 2.32 bits per heavy atom. The number of hydrogen-bond acceptors (Lipinski definition) is 5. The van der Waals surface area contributed by atoms with E-state index in [4.69, 9.17) is 4.74 Å². The Kier molecular flexibility index (Phi) is 6.71. The van der Waals surface area contributed by atoms with Gasteiger partial charge in [0.1, 0.15) is 5.75 Å². The lowest BCUT2D eigenvalue weighted by molar-refractivity contribution is -0.139. The van der Waals surface area contributed by atoms with Crippen molar-refractivity contribution in [3.8, 4) is 5.75 Å². The Balaban J connectivity index is 1.31. The molecule has 0 bridgehead atoms. The predicted octanol–water partition coefficient (Wildman–Crippen LogP) is 4.62. The van der Waals surface area contributed by atoms with Crippen LogP contribution in [0.3, 0.4) is 0 Å². The van der Waals surface area contributed by atoms with Gasteiger partial charge in [-0.05, 0) is 55.9 Å². The highest BCUT2D eigenvalue weighted by molar-refractivity contribution is 6.22. The largest absolute Gasteiger partial charge is 0.426 e. The monoisotopic (exact) mass is 500 g/mol. The summed E-state index contributed by atoms with van der Waals surface area (Å²) in [6, 6.07) is 12.6. The number of hydrogen-bond donors (Lipinski definition) is 0. The Morgan fingerprint density at radius 1 is 0.946 bits per heavy atom. The van der Waals surface area contributed by atoms with Gasteiger partial charge in [-0.1, -0.05) is 49.8 Å². The van der Waals surface area contributed by atoms with E-state index in [2.05, 4.69) is 13.8 Å². The molecular weight excluding hydrogens is 468 g/mol. The van der Waals surface area contributed by atoms with E-state index in [9.17, 15) is 19.2 Å². The van der Waals surface area contributed by atoms with E-state index in [0.29, 0.717) is 18.5 Å². The van der Waals surface area contributed by atoms with Crippen molar-refractivity contribution in [3.05, 3.63) is 65.2 Å². The van der Waals surface area contributed by atoms with E-state index in [1.807, 2.05) is 31.2 Å². The van der Waals surface area contributed by atoms with Crippen LogP contribution < -0.4 is 14.5 Å². The van der Waals surface area contributed by atoms with Gasteiger partial charge in [-0.15, -0.1) is 0 Å². The molecule has 5 rings (SSSR count). The molecule has 192 valence electrons. The minimum Gasteiger partial charge on any atom is -0.426 e. The molecule has 3 aliphatic rings. The van der Waals surface area contributed by atoms with Crippen LogP contribution in [0.2, 0.25) is 0 Å². The number of aryl methyl sites for hydroxylation is 2. The summed E-state index contributed by atoms with van der Waals surface area (Å²) in [4.78, 5) is 55.1. The molecule has 0 spiro atoms. The third-order valence-electron chi connectivity index (χ3n) is 7.81. The predicted molar refractivity (Wildman–Crippen MR) is 140 cm³/mol. The Bertz CT molecular complexity index is 1290. The summed E-state index contributed by atoms with van der Waals surface area (Å²) >= 11 is 0. The molecular formula is C30H32N2O5. The Morgan fingerprint density at radius 2 is 1.62 bits per heavy atom. The second-order valence-electron chi connectivity index (χ2n) is 10.2. The van der Waals surface area contributed by atoms with Crippen LogP contribution in [-0.2, 0) is 32.0 Å². The lowest BCUT2D eigenvalue weighted by Crippen LogP contribution is -2.31. The molecule has 7 heteroatoms. The summed E-state index contributed by atoms with van der Waals surface area (Å²) in [6.45, 7) is 6.36. The van der Waals surface area contributed by atoms with Gasteiger partial charge in [-0.3, -0.25) is 19.2 Å². The number of carbonyl (C=O) groups excluding carboxylic acids is 4. The summed E-state index contributed by atoms with van der Waals surface area (Å²) < 4.78 is 5.67. The highest BCUT2D eigenvalue weighted by Gasteiger charge is 2.48. The van der Waals surface area contributed by atoms with Crippen LogP contribution in [0.5, 0.6) is 5.75 Å². The number of anilines is 2. The summed E-state index contributed by atoms with van der Waals surface area (Å²) in [5.74, 6) is -2.02. The number of para-hydroxylation sites is 1. The zero-order valence-corrected chi connectivity index (χ0v) is 21.5. The van der Waals surface area contributed by atoms with Crippen molar-refractivity contribution in [1.29, 1.82) is 0 Å². The zero-order valence-electron chi connectivity index (χ0n) is 21.5. The van der Waals surface area contributed by atoms with Crippen molar-refractivity contribution in [1.82, 2.24) is 0 Å². The third kappa shape index (κ3) is 4.47. The molecule has 2 aromatic rings. The zero-order chi connectivity index (χ0) is 26.3. The first-order valence-electron chi connectivity index (χ1n) is 13.1. The number of imide groups is 1. The van der Waals surface area contributed by atoms with E-state index in [0.717, 1.165) is 35.2 Å². The summed E-state index contributed by atoms with van der Waals surface area (Å²) in [7, 11) is 0. The fraction of sp³-hybridized carbons (Fsp3) is 0.400. The molecule has 0 radical (unpaired) electrons. The molecule has 2 heterocycles. The first-order chi connectivity index (χ1) is 17.8. The van der Waals surface area contributed by atoms with Crippen molar-refractivity contribution in [3.63, 3.8) is 0 Å². The van der Waals surface area contributed by atoms with E-state index < -0.39 is 11.9 Å². The van der Waals surface area contributed by atoms with Crippen LogP contribution in [0.1, 0.15) is 51.2 Å². The second kappa shape index (κ2) is 9.96. The molecule has 37 heavy (non-hydrogen) atoms. The topological polar surface area (TPSA) is 84.0 Å². The number of allylic oxidation sites excluding steroid dienone is 2. The van der Waals surface area contributed by atoms with Gasteiger partial charge in [0.25, 0.3) is 0 Å². The average Bonchev–Trinajstić information content (AvgIpc) is 3.40. The molecule has 0 aromatic heterocycles. The molecule has 0 unspecified atom stereocenters. The summed E-state index contributed by atoms with van der Waals surface area (Å²) in [6.07, 6.45) is 4.86. The highest BCUT2D eigenvalue weighted by atomic mass is 16.5. The van der Waals surface area contributed by atoms with Gasteiger partial charge in [0.05, 0.1) is 23.4 Å². The average molecular weight is 501 g/mol. The second-order valence-corrected chi connectivity index (χ2v) is 10.2. The highest BCUT2D eigenvalue weighted by Crippen LogP contribution is 2.40. The third-order valence-corrected chi connectivity index (χ3v) is 7.81. The van der Waals surface area contributed by atoms with Gasteiger partial charge < -0.3 is 9.64 Å². The Hall–Kier alpha value is -3.74. The molecule has 3 atom stereocenters. The molecule has 0 N–H and O–H groups in total. The van der Waals surface area contributed by atoms with E-state index in [1.54, 1.807) is 29.2 Å². The maximum atomic E-state index is 13.1. The minimum atomic E-state index is -0.599. The first kappa shape index (κ1) is 24.9. The van der Waals surface area contributed by atoms with Crippen LogP contribution in [0, 0.1) is 17.8 Å². The maximum Gasteiger partial charge on any atom is 0.316 e. The molecule has 3 amide bonds. The fourth-order valence-electron chi connectivity index (χ4n) is 5.82. The van der Waals surface area contributed by atoms with Crippen LogP contribution in [0.15, 0.2) is 54.1 Å². The standard InChI is InChI=1S/C30H32N2O5/c1-4-19-8-6-9-20(5-2)27(19)31-17-21(15-26(31)33)30(36)37-23-11-7-10-22(16-23)32-28(34)24-13-12-18(3)14-25(24)29(32)35/h6-12,16,21,24-25H,4-5,13-15,17H2,1-3H3/t21-,24-,25-/m1/s1. The van der Waals surface area contributed by atoms with Crippen molar-refractivity contribution < 1.29 is 23.9 Å². The number of esters is 1. The summed E-state index contributed by atoms with van der Waals surface area (Å²) in [5.41, 5.74) is 4.60. The first-order valence-corrected chi connectivity index (χ1v) is 13.1. The van der Waals surface area contributed by atoms with Gasteiger partial charge in [-0.2, -0.15) is 0 Å². The molecule has 2 fully saturated rings. The number of amides is 3. The fourth-order valence-corrected chi connectivity index (χ4v) is 5.82. The van der Waals surface area contributed by atoms with Crippen molar-refractivity contribution in [2.75, 3.05) is 16.3 Å². The molecule has 7 nitrogen and oxygen atoms in total. The minimum absolute atomic E-state index is 0.0819. The summed E-state index contributed by atoms with van der Waals surface area (Å²) in [5, 5.41) is 0. The van der Waals surface area contributed by atoms with Gasteiger partial charge in [0, 0.05) is 24.7 Å². The number of ether oxygens (including phenoxy) is 1. The number of benzene rings is 2. The van der Waals surface area contributed by atoms with Gasteiger partial charge in [0.2, 0.25) is 17.7 Å². The quantitative estimate of drug-likeness (QED) is 0.250. The molecule has 2 aliphatic heterocycles. The number of carbonyl (C=O) groups is 4. The maximum absolute atomic E-state index is 13.1. The van der Waals surface area contributed by atoms with Crippen molar-refractivity contribution in [2.45, 2.75) is 52.9 Å². The van der Waals surface area contributed by atoms with E-state index in [-0.39, 0.29) is 48.3 Å². The van der Waals surface area contributed by atoms with Gasteiger partial charge in [-0.25, -0.2) is 4.90 Å². The normalized spacial score (nSPS) is 23.4. The smallest absolute Gasteiger partial charge is 0.316 e. The molecule has 1 aliphatic carbocycles. The molecule has 2 aromatic carbocycles. The van der Waals surface area contributed by atoms with E-state index in [1.165, 1.54) is 4.90 Å². The number of nitrogens with zero attached hydrogens (tertiary/aromatic N) is 2. The van der Waals surface area contributed by atoms with Crippen LogP contribution in [0.25, 0.3) is 0 Å². The van der Waals surface area contributed by atoms with Crippen LogP contribution in [-0.4, -0.2) is 30.2 Å². The van der Waals surface area contributed by atoms with Gasteiger partial charge in [0.15, 0.2) is 0 Å². The van der Waals surface area contributed by atoms with Crippen LogP contribution in [0.4, 0.5) is 11.4 Å². The van der Waals surface area contributed by atoms with Gasteiger partial charge >= 0.3 is 5.97 Å². The molecule has 0 saturated carbocycles. The van der Waals surface area contributed by atoms with Crippen LogP contribution >= 0.6 is 0 Å². The van der Waals surface area contributed by atoms with E-state index >= 15 is 0 Å². The molecule has 2 saturated heterocycles. The lowest BCUT2D eigenvalue weighted by Gasteiger charge is -2.23. The lowest BCUT2D eigenvalue weighted by atomic mass is 9.82.